The third-order valence-corrected chi connectivity index (χ3v) is 2.94. The van der Waals surface area contributed by atoms with Crippen LogP contribution >= 0.6 is 0 Å². The fraction of sp³-hybridized carbons (Fsp3) is 0.538. The Kier molecular flexibility index (Phi) is 5.47. The molecule has 114 valence electrons. The molecule has 0 aliphatic carbocycles. The van der Waals surface area contributed by atoms with E-state index < -0.39 is 29.8 Å². The average molecular weight is 297 g/mol. The fourth-order valence-corrected chi connectivity index (χ4v) is 1.93. The summed E-state index contributed by atoms with van der Waals surface area (Å²) in [5.41, 5.74) is 1.41. The van der Waals surface area contributed by atoms with Crippen LogP contribution in [0.5, 0.6) is 0 Å². The minimum Gasteiger partial charge on any atom is -0.381 e. The number of methoxy groups -OCH3 is 1. The summed E-state index contributed by atoms with van der Waals surface area (Å²) < 4.78 is 70.6. The van der Waals surface area contributed by atoms with Crippen LogP contribution in [0.4, 0.5) is 22.0 Å². The number of hydrogen-bond donors (Lipinski definition) is 1. The highest BCUT2D eigenvalue weighted by Gasteiger charge is 2.38. The summed E-state index contributed by atoms with van der Waals surface area (Å²) in [6.45, 7) is -0.224. The minimum atomic E-state index is -4.87. The number of alkyl halides is 4. The SMILES string of the molecule is COCC(F)(CCCN)c1ccc(F)c(C(F)(F)F)c1. The molecule has 0 aromatic heterocycles. The molecule has 0 spiro atoms. The van der Waals surface area contributed by atoms with E-state index in [1.807, 2.05) is 0 Å². The Morgan fingerprint density at radius 1 is 1.20 bits per heavy atom. The molecule has 1 unspecified atom stereocenters. The zero-order chi connectivity index (χ0) is 15.4. The number of halogens is 5. The molecular weight excluding hydrogens is 281 g/mol. The number of benzene rings is 1. The first-order valence-electron chi connectivity index (χ1n) is 6.00. The molecule has 0 aliphatic heterocycles. The van der Waals surface area contributed by atoms with Gasteiger partial charge in [0, 0.05) is 7.11 Å². The van der Waals surface area contributed by atoms with E-state index in [9.17, 15) is 22.0 Å². The van der Waals surface area contributed by atoms with Crippen molar-refractivity contribution in [3.63, 3.8) is 0 Å². The molecule has 0 fully saturated rings. The molecule has 0 heterocycles. The molecule has 1 atom stereocenters. The molecule has 0 aliphatic rings. The van der Waals surface area contributed by atoms with Gasteiger partial charge >= 0.3 is 6.18 Å². The lowest BCUT2D eigenvalue weighted by molar-refractivity contribution is -0.140. The minimum absolute atomic E-state index is 0.0970. The second-order valence-corrected chi connectivity index (χ2v) is 4.48. The topological polar surface area (TPSA) is 35.2 Å². The van der Waals surface area contributed by atoms with Gasteiger partial charge in [-0.25, -0.2) is 8.78 Å². The molecule has 0 amide bonds. The summed E-state index contributed by atoms with van der Waals surface area (Å²) in [5, 5.41) is 0. The molecule has 0 bridgehead atoms. The normalized spacial score (nSPS) is 15.2. The van der Waals surface area contributed by atoms with Crippen LogP contribution in [0.1, 0.15) is 24.0 Å². The summed E-state index contributed by atoms with van der Waals surface area (Å²) >= 11 is 0. The van der Waals surface area contributed by atoms with Gasteiger partial charge in [0.2, 0.25) is 0 Å². The molecule has 2 nitrogen and oxygen atoms in total. The van der Waals surface area contributed by atoms with Crippen molar-refractivity contribution in [2.24, 2.45) is 5.73 Å². The number of ether oxygens (including phenoxy) is 1. The highest BCUT2D eigenvalue weighted by Crippen LogP contribution is 2.37. The second kappa shape index (κ2) is 6.49. The van der Waals surface area contributed by atoms with Gasteiger partial charge in [0.25, 0.3) is 0 Å². The molecule has 1 aromatic rings. The average Bonchev–Trinajstić information content (AvgIpc) is 2.35. The van der Waals surface area contributed by atoms with Crippen LogP contribution < -0.4 is 5.73 Å². The van der Waals surface area contributed by atoms with Gasteiger partial charge in [0.15, 0.2) is 5.67 Å². The number of rotatable bonds is 6. The Morgan fingerprint density at radius 3 is 2.35 bits per heavy atom. The standard InChI is InChI=1S/C13H16F5NO/c1-20-8-12(15,5-2-6-19)9-3-4-11(14)10(7-9)13(16,17)18/h3-4,7H,2,5-6,8,19H2,1H3. The number of nitrogens with two attached hydrogens (primary N) is 1. The van der Waals surface area contributed by atoms with Gasteiger partial charge in [0.1, 0.15) is 5.82 Å². The van der Waals surface area contributed by atoms with E-state index in [4.69, 9.17) is 10.5 Å². The smallest absolute Gasteiger partial charge is 0.381 e. The van der Waals surface area contributed by atoms with E-state index >= 15 is 0 Å². The maximum Gasteiger partial charge on any atom is 0.419 e. The van der Waals surface area contributed by atoms with Crippen LogP contribution in [-0.2, 0) is 16.6 Å². The van der Waals surface area contributed by atoms with Crippen LogP contribution in [0.3, 0.4) is 0 Å². The Hall–Kier alpha value is -1.21. The van der Waals surface area contributed by atoms with Crippen LogP contribution in [-0.4, -0.2) is 20.3 Å². The van der Waals surface area contributed by atoms with E-state index in [1.54, 1.807) is 0 Å². The Balaban J connectivity index is 3.21. The highest BCUT2D eigenvalue weighted by molar-refractivity contribution is 5.31. The van der Waals surface area contributed by atoms with E-state index in [2.05, 4.69) is 0 Å². The van der Waals surface area contributed by atoms with Gasteiger partial charge in [-0.3, -0.25) is 0 Å². The van der Waals surface area contributed by atoms with Crippen molar-refractivity contribution in [1.29, 1.82) is 0 Å². The molecule has 2 N–H and O–H groups in total. The molecule has 1 aromatic carbocycles. The summed E-state index contributed by atoms with van der Waals surface area (Å²) in [5.74, 6) is -1.43. The maximum absolute atomic E-state index is 14.7. The van der Waals surface area contributed by atoms with Gasteiger partial charge < -0.3 is 10.5 Å². The van der Waals surface area contributed by atoms with Crippen molar-refractivity contribution >= 4 is 0 Å². The highest BCUT2D eigenvalue weighted by atomic mass is 19.4. The lowest BCUT2D eigenvalue weighted by Gasteiger charge is -2.26. The molecule has 0 radical (unpaired) electrons. The van der Waals surface area contributed by atoms with Crippen LogP contribution in [0, 0.1) is 5.82 Å². The number of hydrogen-bond acceptors (Lipinski definition) is 2. The summed E-state index contributed by atoms with van der Waals surface area (Å²) in [6, 6.07) is 2.11. The van der Waals surface area contributed by atoms with E-state index in [-0.39, 0.29) is 24.9 Å². The largest absolute Gasteiger partial charge is 0.419 e. The monoisotopic (exact) mass is 297 g/mol. The van der Waals surface area contributed by atoms with Gasteiger partial charge in [-0.1, -0.05) is 6.07 Å². The van der Waals surface area contributed by atoms with E-state index in [1.165, 1.54) is 7.11 Å². The first kappa shape index (κ1) is 16.8. The predicted molar refractivity (Wildman–Crippen MR) is 64.4 cm³/mol. The third kappa shape index (κ3) is 3.89. The Bertz CT molecular complexity index is 449. The van der Waals surface area contributed by atoms with Crippen molar-refractivity contribution in [3.8, 4) is 0 Å². The van der Waals surface area contributed by atoms with Crippen molar-refractivity contribution in [3.05, 3.63) is 35.1 Å². The summed E-state index contributed by atoms with van der Waals surface area (Å²) in [6.07, 6.45) is -4.69. The van der Waals surface area contributed by atoms with Crippen molar-refractivity contribution in [1.82, 2.24) is 0 Å². The first-order valence-corrected chi connectivity index (χ1v) is 6.00. The van der Waals surface area contributed by atoms with Crippen molar-refractivity contribution in [2.75, 3.05) is 20.3 Å². The van der Waals surface area contributed by atoms with Gasteiger partial charge in [-0.05, 0) is 37.1 Å². The predicted octanol–water partition coefficient (Wildman–Crippen LogP) is 3.39. The van der Waals surface area contributed by atoms with Crippen LogP contribution in [0.25, 0.3) is 0 Å². The van der Waals surface area contributed by atoms with E-state index in [0.717, 1.165) is 6.07 Å². The quantitative estimate of drug-likeness (QED) is 0.817. The summed E-state index contributed by atoms with van der Waals surface area (Å²) in [4.78, 5) is 0. The Morgan fingerprint density at radius 2 is 1.85 bits per heavy atom. The summed E-state index contributed by atoms with van der Waals surface area (Å²) in [7, 11) is 1.24. The molecule has 1 rings (SSSR count). The third-order valence-electron chi connectivity index (χ3n) is 2.94. The lowest BCUT2D eigenvalue weighted by Crippen LogP contribution is -2.28. The second-order valence-electron chi connectivity index (χ2n) is 4.48. The zero-order valence-corrected chi connectivity index (χ0v) is 10.9. The fourth-order valence-electron chi connectivity index (χ4n) is 1.93. The van der Waals surface area contributed by atoms with Crippen LogP contribution in [0.2, 0.25) is 0 Å². The van der Waals surface area contributed by atoms with Gasteiger partial charge in [-0.15, -0.1) is 0 Å². The molecule has 0 saturated carbocycles. The zero-order valence-electron chi connectivity index (χ0n) is 10.9. The van der Waals surface area contributed by atoms with Crippen molar-refractivity contribution < 1.29 is 26.7 Å². The Labute approximate surface area is 113 Å². The maximum atomic E-state index is 14.7. The molecule has 20 heavy (non-hydrogen) atoms. The first-order chi connectivity index (χ1) is 9.24. The van der Waals surface area contributed by atoms with Crippen LogP contribution in [0.15, 0.2) is 18.2 Å². The van der Waals surface area contributed by atoms with Gasteiger partial charge in [0.05, 0.1) is 12.2 Å². The van der Waals surface area contributed by atoms with E-state index in [0.29, 0.717) is 12.1 Å². The molecular formula is C13H16F5NO. The van der Waals surface area contributed by atoms with Crippen molar-refractivity contribution in [2.45, 2.75) is 24.7 Å². The molecule has 7 heteroatoms. The van der Waals surface area contributed by atoms with Gasteiger partial charge in [-0.2, -0.15) is 13.2 Å². The molecule has 0 saturated heterocycles. The lowest BCUT2D eigenvalue weighted by atomic mass is 9.90.